The number of urea groups is 1. The molecule has 7 nitrogen and oxygen atoms in total. The van der Waals surface area contributed by atoms with Gasteiger partial charge in [-0.05, 0) is 26.2 Å². The summed E-state index contributed by atoms with van der Waals surface area (Å²) in [5, 5.41) is 5.40. The highest BCUT2D eigenvalue weighted by atomic mass is 32.1. The number of carbonyl (C=O) groups excluding carboxylic acids is 2. The molecule has 2 aliphatic rings. The van der Waals surface area contributed by atoms with Gasteiger partial charge < -0.3 is 9.80 Å². The van der Waals surface area contributed by atoms with E-state index in [4.69, 9.17) is 0 Å². The van der Waals surface area contributed by atoms with Gasteiger partial charge >= 0.3 is 6.03 Å². The van der Waals surface area contributed by atoms with Crippen LogP contribution in [0.15, 0.2) is 5.38 Å². The zero-order chi connectivity index (χ0) is 16.9. The van der Waals surface area contributed by atoms with Gasteiger partial charge in [0, 0.05) is 44.6 Å². The van der Waals surface area contributed by atoms with Gasteiger partial charge in [-0.15, -0.1) is 11.3 Å². The van der Waals surface area contributed by atoms with Crippen molar-refractivity contribution in [1.29, 1.82) is 0 Å². The van der Waals surface area contributed by atoms with Crippen LogP contribution >= 0.6 is 11.3 Å². The van der Waals surface area contributed by atoms with Crippen LogP contribution in [-0.2, 0) is 4.79 Å². The van der Waals surface area contributed by atoms with E-state index < -0.39 is 0 Å². The molecule has 0 atom stereocenters. The van der Waals surface area contributed by atoms with Crippen molar-refractivity contribution in [3.05, 3.63) is 11.1 Å². The van der Waals surface area contributed by atoms with Gasteiger partial charge in [-0.2, -0.15) is 0 Å². The number of piperidine rings is 1. The SMILES string of the molecule is Cc1csc(NC(=O)N2CCN(CC(=O)N3CCCCC3)CC2)n1. The Morgan fingerprint density at radius 2 is 1.79 bits per heavy atom. The summed E-state index contributed by atoms with van der Waals surface area (Å²) in [6.45, 7) is 6.94. The van der Waals surface area contributed by atoms with Crippen molar-refractivity contribution >= 4 is 28.4 Å². The van der Waals surface area contributed by atoms with E-state index in [0.29, 0.717) is 24.8 Å². The molecule has 2 fully saturated rings. The maximum Gasteiger partial charge on any atom is 0.323 e. The lowest BCUT2D eigenvalue weighted by Crippen LogP contribution is -2.52. The van der Waals surface area contributed by atoms with Crippen molar-refractivity contribution in [1.82, 2.24) is 19.7 Å². The molecule has 0 unspecified atom stereocenters. The molecule has 1 N–H and O–H groups in total. The third-order valence-corrected chi connectivity index (χ3v) is 5.44. The zero-order valence-corrected chi connectivity index (χ0v) is 15.0. The summed E-state index contributed by atoms with van der Waals surface area (Å²) in [5.74, 6) is 0.228. The number of thiazole rings is 1. The van der Waals surface area contributed by atoms with Crippen LogP contribution in [0.2, 0.25) is 0 Å². The van der Waals surface area contributed by atoms with Crippen molar-refractivity contribution in [2.45, 2.75) is 26.2 Å². The molecular weight excluding hydrogens is 326 g/mol. The van der Waals surface area contributed by atoms with Crippen molar-refractivity contribution < 1.29 is 9.59 Å². The van der Waals surface area contributed by atoms with Crippen LogP contribution in [0.3, 0.4) is 0 Å². The minimum Gasteiger partial charge on any atom is -0.342 e. The van der Waals surface area contributed by atoms with Gasteiger partial charge in [0.1, 0.15) is 0 Å². The van der Waals surface area contributed by atoms with E-state index in [0.717, 1.165) is 44.7 Å². The number of aromatic nitrogens is 1. The second kappa shape index (κ2) is 7.94. The van der Waals surface area contributed by atoms with Crippen LogP contribution in [0, 0.1) is 6.92 Å². The van der Waals surface area contributed by atoms with E-state index in [-0.39, 0.29) is 11.9 Å². The Morgan fingerprint density at radius 1 is 1.08 bits per heavy atom. The normalized spacial score (nSPS) is 19.4. The number of piperazine rings is 1. The topological polar surface area (TPSA) is 68.8 Å². The maximum absolute atomic E-state index is 12.3. The number of anilines is 1. The van der Waals surface area contributed by atoms with Crippen LogP contribution in [-0.4, -0.2) is 77.4 Å². The Labute approximate surface area is 146 Å². The monoisotopic (exact) mass is 351 g/mol. The molecule has 0 aliphatic carbocycles. The number of hydrogen-bond donors (Lipinski definition) is 1. The van der Waals surface area contributed by atoms with Gasteiger partial charge in [-0.3, -0.25) is 15.0 Å². The largest absolute Gasteiger partial charge is 0.342 e. The first kappa shape index (κ1) is 17.2. The maximum atomic E-state index is 12.3. The zero-order valence-electron chi connectivity index (χ0n) is 14.2. The van der Waals surface area contributed by atoms with Crippen molar-refractivity contribution in [3.8, 4) is 0 Å². The number of carbonyl (C=O) groups is 2. The molecule has 8 heteroatoms. The third-order valence-electron chi connectivity index (χ3n) is 4.56. The number of amides is 3. The van der Waals surface area contributed by atoms with Crippen molar-refractivity contribution in [2.75, 3.05) is 51.1 Å². The van der Waals surface area contributed by atoms with Gasteiger partial charge in [0.25, 0.3) is 0 Å². The van der Waals surface area contributed by atoms with E-state index in [1.165, 1.54) is 17.8 Å². The van der Waals surface area contributed by atoms with E-state index in [1.54, 1.807) is 4.90 Å². The second-order valence-corrected chi connectivity index (χ2v) is 7.29. The molecule has 1 aromatic heterocycles. The predicted octanol–water partition coefficient (Wildman–Crippen LogP) is 1.61. The molecule has 0 spiro atoms. The lowest BCUT2D eigenvalue weighted by Gasteiger charge is -2.35. The number of aryl methyl sites for hydroxylation is 1. The Hall–Kier alpha value is -1.67. The van der Waals surface area contributed by atoms with E-state index in [1.807, 2.05) is 17.2 Å². The van der Waals surface area contributed by atoms with Gasteiger partial charge in [0.05, 0.1) is 12.2 Å². The summed E-state index contributed by atoms with van der Waals surface area (Å²) >= 11 is 1.44. The molecule has 0 saturated carbocycles. The number of hydrogen-bond acceptors (Lipinski definition) is 5. The van der Waals surface area contributed by atoms with Gasteiger partial charge in [0.15, 0.2) is 5.13 Å². The Kier molecular flexibility index (Phi) is 5.68. The fraction of sp³-hybridized carbons (Fsp3) is 0.688. The smallest absolute Gasteiger partial charge is 0.323 e. The van der Waals surface area contributed by atoms with Gasteiger partial charge in [0.2, 0.25) is 5.91 Å². The summed E-state index contributed by atoms with van der Waals surface area (Å²) in [4.78, 5) is 34.7. The average molecular weight is 351 g/mol. The molecule has 0 bridgehead atoms. The van der Waals surface area contributed by atoms with E-state index in [9.17, 15) is 9.59 Å². The molecule has 3 rings (SSSR count). The van der Waals surface area contributed by atoms with Crippen molar-refractivity contribution in [2.24, 2.45) is 0 Å². The molecule has 0 radical (unpaired) electrons. The lowest BCUT2D eigenvalue weighted by atomic mass is 10.1. The average Bonchev–Trinajstić information content (AvgIpc) is 3.01. The van der Waals surface area contributed by atoms with Crippen LogP contribution in [0.25, 0.3) is 0 Å². The van der Waals surface area contributed by atoms with Crippen LogP contribution < -0.4 is 5.32 Å². The fourth-order valence-electron chi connectivity index (χ4n) is 3.13. The van der Waals surface area contributed by atoms with Crippen LogP contribution in [0.5, 0.6) is 0 Å². The number of nitrogens with zero attached hydrogens (tertiary/aromatic N) is 4. The van der Waals surface area contributed by atoms with Gasteiger partial charge in [-0.25, -0.2) is 9.78 Å². The minimum atomic E-state index is -0.105. The number of likely N-dealkylation sites (tertiary alicyclic amines) is 1. The van der Waals surface area contributed by atoms with E-state index in [2.05, 4.69) is 15.2 Å². The first-order valence-corrected chi connectivity index (χ1v) is 9.48. The highest BCUT2D eigenvalue weighted by Crippen LogP contribution is 2.15. The van der Waals surface area contributed by atoms with Crippen LogP contribution in [0.4, 0.5) is 9.93 Å². The number of rotatable bonds is 3. The van der Waals surface area contributed by atoms with E-state index >= 15 is 0 Å². The standard InChI is InChI=1S/C16H25N5O2S/c1-13-12-24-15(17-13)18-16(23)21-9-7-19(8-10-21)11-14(22)20-5-3-2-4-6-20/h12H,2-11H2,1H3,(H,17,18,23). The summed E-state index contributed by atoms with van der Waals surface area (Å²) in [7, 11) is 0. The minimum absolute atomic E-state index is 0.105. The predicted molar refractivity (Wildman–Crippen MR) is 94.3 cm³/mol. The Bertz CT molecular complexity index is 577. The molecule has 3 amide bonds. The molecule has 2 saturated heterocycles. The first-order valence-electron chi connectivity index (χ1n) is 8.60. The fourth-order valence-corrected chi connectivity index (χ4v) is 3.80. The summed E-state index contributed by atoms with van der Waals surface area (Å²) in [5.41, 5.74) is 0.913. The molecule has 3 heterocycles. The van der Waals surface area contributed by atoms with Crippen LogP contribution in [0.1, 0.15) is 25.0 Å². The Balaban J connectivity index is 1.41. The first-order chi connectivity index (χ1) is 11.6. The third kappa shape index (κ3) is 4.45. The number of nitrogens with one attached hydrogen (secondary N) is 1. The summed E-state index contributed by atoms with van der Waals surface area (Å²) in [6.07, 6.45) is 3.47. The lowest BCUT2D eigenvalue weighted by molar-refractivity contribution is -0.133. The highest BCUT2D eigenvalue weighted by Gasteiger charge is 2.25. The van der Waals surface area contributed by atoms with Crippen molar-refractivity contribution in [3.63, 3.8) is 0 Å². The molecule has 2 aliphatic heterocycles. The molecule has 0 aromatic carbocycles. The quantitative estimate of drug-likeness (QED) is 0.898. The molecular formula is C16H25N5O2S. The van der Waals surface area contributed by atoms with Gasteiger partial charge in [-0.1, -0.05) is 0 Å². The summed E-state index contributed by atoms with van der Waals surface area (Å²) < 4.78 is 0. The Morgan fingerprint density at radius 3 is 2.42 bits per heavy atom. The molecule has 132 valence electrons. The molecule has 24 heavy (non-hydrogen) atoms. The second-order valence-electron chi connectivity index (χ2n) is 6.43. The molecule has 1 aromatic rings. The highest BCUT2D eigenvalue weighted by molar-refractivity contribution is 7.13. The summed E-state index contributed by atoms with van der Waals surface area (Å²) in [6, 6.07) is -0.105.